The van der Waals surface area contributed by atoms with Gasteiger partial charge >= 0.3 is 0 Å². The molecule has 2 rings (SSSR count). The van der Waals surface area contributed by atoms with Gasteiger partial charge in [0.2, 0.25) is 0 Å². The van der Waals surface area contributed by atoms with Gasteiger partial charge in [-0.05, 0) is 60.9 Å². The minimum Gasteiger partial charge on any atom is -0.497 e. The lowest BCUT2D eigenvalue weighted by Gasteiger charge is -2.24. The van der Waals surface area contributed by atoms with Crippen molar-refractivity contribution in [3.8, 4) is 11.5 Å². The molecule has 0 aliphatic carbocycles. The summed E-state index contributed by atoms with van der Waals surface area (Å²) < 4.78 is 12.1. The number of benzene rings is 1. The summed E-state index contributed by atoms with van der Waals surface area (Å²) in [6, 6.07) is 6.25. The maximum atomic E-state index is 5.88. The van der Waals surface area contributed by atoms with E-state index in [1.807, 2.05) is 18.2 Å². The lowest BCUT2D eigenvalue weighted by Crippen LogP contribution is -2.34. The molecule has 0 aromatic heterocycles. The van der Waals surface area contributed by atoms with Gasteiger partial charge in [-0.1, -0.05) is 0 Å². The minimum absolute atomic E-state index is 0.464. The Balaban J connectivity index is 1.92. The predicted octanol–water partition coefficient (Wildman–Crippen LogP) is 3.32. The molecule has 1 aromatic rings. The van der Waals surface area contributed by atoms with Gasteiger partial charge in [-0.15, -0.1) is 0 Å². The van der Waals surface area contributed by atoms with Gasteiger partial charge in [0, 0.05) is 12.1 Å². The molecule has 1 heterocycles. The normalized spacial score (nSPS) is 17.7. The molecule has 0 bridgehead atoms. The summed E-state index contributed by atoms with van der Waals surface area (Å²) in [4.78, 5) is 2.48. The molecule has 0 N–H and O–H groups in total. The summed E-state index contributed by atoms with van der Waals surface area (Å²) >= 11 is 3.50. The molecule has 18 heavy (non-hydrogen) atoms. The van der Waals surface area contributed by atoms with Crippen molar-refractivity contribution in [1.82, 2.24) is 4.90 Å². The molecular formula is C14H20BrNO2. The molecular weight excluding hydrogens is 294 g/mol. The molecule has 1 aliphatic heterocycles. The molecule has 1 saturated heterocycles. The number of hydrogen-bond donors (Lipinski definition) is 0. The highest BCUT2D eigenvalue weighted by Gasteiger charge is 2.18. The van der Waals surface area contributed by atoms with E-state index >= 15 is 0 Å². The smallest absolute Gasteiger partial charge is 0.137 e. The van der Waals surface area contributed by atoms with Crippen LogP contribution in [0.4, 0.5) is 0 Å². The van der Waals surface area contributed by atoms with Crippen LogP contribution in [0.15, 0.2) is 22.7 Å². The van der Waals surface area contributed by atoms with Gasteiger partial charge in [0.1, 0.15) is 18.1 Å². The molecule has 1 aliphatic rings. The first-order valence-electron chi connectivity index (χ1n) is 6.41. The summed E-state index contributed by atoms with van der Waals surface area (Å²) in [5, 5.41) is 0. The van der Waals surface area contributed by atoms with Crippen molar-refractivity contribution < 1.29 is 9.47 Å². The molecule has 1 fully saturated rings. The number of hydrogen-bond acceptors (Lipinski definition) is 3. The lowest BCUT2D eigenvalue weighted by atomic mass is 10.3. The molecule has 1 aromatic carbocycles. The van der Waals surface area contributed by atoms with E-state index in [1.54, 1.807) is 7.11 Å². The number of rotatable bonds is 5. The summed E-state index contributed by atoms with van der Waals surface area (Å²) in [6.45, 7) is 5.33. The second-order valence-corrected chi connectivity index (χ2v) is 5.55. The average molecular weight is 314 g/mol. The largest absolute Gasteiger partial charge is 0.497 e. The molecule has 0 saturated carbocycles. The Hall–Kier alpha value is -0.740. The quantitative estimate of drug-likeness (QED) is 0.832. The zero-order valence-electron chi connectivity index (χ0n) is 11.0. The summed E-state index contributed by atoms with van der Waals surface area (Å²) in [7, 11) is 1.67. The van der Waals surface area contributed by atoms with Crippen LogP contribution in [0.1, 0.15) is 19.8 Å². The third-order valence-corrected chi connectivity index (χ3v) is 4.04. The zero-order valence-corrected chi connectivity index (χ0v) is 12.6. The molecule has 0 radical (unpaired) electrons. The summed E-state index contributed by atoms with van der Waals surface area (Å²) in [6.07, 6.45) is 2.63. The topological polar surface area (TPSA) is 21.7 Å². The minimum atomic E-state index is 0.464. The maximum absolute atomic E-state index is 5.88. The molecule has 3 nitrogen and oxygen atoms in total. The number of methoxy groups -OCH3 is 1. The van der Waals surface area contributed by atoms with Crippen molar-refractivity contribution in [2.75, 3.05) is 26.8 Å². The Morgan fingerprint density at radius 2 is 2.06 bits per heavy atom. The Morgan fingerprint density at radius 3 is 2.72 bits per heavy atom. The fourth-order valence-corrected chi connectivity index (χ4v) is 2.58. The van der Waals surface area contributed by atoms with Crippen LogP contribution in [0, 0.1) is 0 Å². The second-order valence-electron chi connectivity index (χ2n) is 4.70. The van der Waals surface area contributed by atoms with Crippen LogP contribution in [0.2, 0.25) is 0 Å². The predicted molar refractivity (Wildman–Crippen MR) is 76.5 cm³/mol. The molecule has 100 valence electrons. The van der Waals surface area contributed by atoms with Crippen LogP contribution < -0.4 is 9.47 Å². The van der Waals surface area contributed by atoms with Crippen LogP contribution in [0.3, 0.4) is 0 Å². The molecule has 0 spiro atoms. The Labute approximate surface area is 117 Å². The molecule has 1 atom stereocenters. The fraction of sp³-hybridized carbons (Fsp3) is 0.571. The highest BCUT2D eigenvalue weighted by molar-refractivity contribution is 9.10. The van der Waals surface area contributed by atoms with E-state index in [0.717, 1.165) is 16.0 Å². The van der Waals surface area contributed by atoms with E-state index in [4.69, 9.17) is 9.47 Å². The number of likely N-dealkylation sites (tertiary alicyclic amines) is 1. The fourth-order valence-electron chi connectivity index (χ4n) is 2.22. The van der Waals surface area contributed by atoms with Crippen LogP contribution in [0.5, 0.6) is 11.5 Å². The van der Waals surface area contributed by atoms with Crippen molar-refractivity contribution in [1.29, 1.82) is 0 Å². The Kier molecular flexibility index (Phi) is 4.89. The first kappa shape index (κ1) is 13.7. The van der Waals surface area contributed by atoms with Crippen molar-refractivity contribution in [3.63, 3.8) is 0 Å². The molecule has 4 heteroatoms. The van der Waals surface area contributed by atoms with Crippen molar-refractivity contribution in [2.24, 2.45) is 0 Å². The van der Waals surface area contributed by atoms with E-state index in [0.29, 0.717) is 12.6 Å². The number of ether oxygens (including phenoxy) is 2. The van der Waals surface area contributed by atoms with Gasteiger partial charge in [-0.2, -0.15) is 0 Å². The van der Waals surface area contributed by atoms with Gasteiger partial charge in [-0.3, -0.25) is 4.90 Å². The van der Waals surface area contributed by atoms with E-state index in [2.05, 4.69) is 27.8 Å². The van der Waals surface area contributed by atoms with Crippen LogP contribution in [-0.4, -0.2) is 37.7 Å². The van der Waals surface area contributed by atoms with Crippen LogP contribution >= 0.6 is 15.9 Å². The van der Waals surface area contributed by atoms with Crippen LogP contribution in [0.25, 0.3) is 0 Å². The summed E-state index contributed by atoms with van der Waals surface area (Å²) in [5.41, 5.74) is 0. The molecule has 0 amide bonds. The Morgan fingerprint density at radius 1 is 1.33 bits per heavy atom. The highest BCUT2D eigenvalue weighted by Crippen LogP contribution is 2.29. The SMILES string of the molecule is COc1ccc(Br)c(OCC(C)N2CCCC2)c1. The average Bonchev–Trinajstić information content (AvgIpc) is 2.91. The third-order valence-electron chi connectivity index (χ3n) is 3.38. The molecule has 1 unspecified atom stereocenters. The maximum Gasteiger partial charge on any atom is 0.137 e. The lowest BCUT2D eigenvalue weighted by molar-refractivity contribution is 0.171. The van der Waals surface area contributed by atoms with E-state index < -0.39 is 0 Å². The third kappa shape index (κ3) is 3.39. The van der Waals surface area contributed by atoms with Crippen molar-refractivity contribution in [3.05, 3.63) is 22.7 Å². The van der Waals surface area contributed by atoms with Gasteiger partial charge in [-0.25, -0.2) is 0 Å². The van der Waals surface area contributed by atoms with Crippen LogP contribution in [-0.2, 0) is 0 Å². The monoisotopic (exact) mass is 313 g/mol. The second kappa shape index (κ2) is 6.43. The van der Waals surface area contributed by atoms with Gasteiger partial charge in [0.25, 0.3) is 0 Å². The van der Waals surface area contributed by atoms with Crippen molar-refractivity contribution in [2.45, 2.75) is 25.8 Å². The first-order chi connectivity index (χ1) is 8.70. The van der Waals surface area contributed by atoms with E-state index in [1.165, 1.54) is 25.9 Å². The number of nitrogens with zero attached hydrogens (tertiary/aromatic N) is 1. The van der Waals surface area contributed by atoms with Gasteiger partial charge in [0.15, 0.2) is 0 Å². The summed E-state index contributed by atoms with van der Waals surface area (Å²) in [5.74, 6) is 1.67. The highest BCUT2D eigenvalue weighted by atomic mass is 79.9. The number of halogens is 1. The first-order valence-corrected chi connectivity index (χ1v) is 7.20. The van der Waals surface area contributed by atoms with Gasteiger partial charge in [0.05, 0.1) is 11.6 Å². The standard InChI is InChI=1S/C14H20BrNO2/c1-11(16-7-3-4-8-16)10-18-14-9-12(17-2)5-6-13(14)15/h5-6,9,11H,3-4,7-8,10H2,1-2H3. The van der Waals surface area contributed by atoms with Gasteiger partial charge < -0.3 is 9.47 Å². The van der Waals surface area contributed by atoms with Crippen molar-refractivity contribution >= 4 is 15.9 Å². The Bertz CT molecular complexity index is 391. The van der Waals surface area contributed by atoms with E-state index in [-0.39, 0.29) is 0 Å². The van der Waals surface area contributed by atoms with E-state index in [9.17, 15) is 0 Å². The zero-order chi connectivity index (χ0) is 13.0.